The van der Waals surface area contributed by atoms with Crippen molar-refractivity contribution >= 4 is 29.9 Å². The fourth-order valence-corrected chi connectivity index (χ4v) is 16.8. The van der Waals surface area contributed by atoms with E-state index >= 15 is 8.78 Å². The number of aromatic nitrogens is 2. The predicted octanol–water partition coefficient (Wildman–Crippen LogP) is 13.2. The Balaban J connectivity index is 1.20. The van der Waals surface area contributed by atoms with Gasteiger partial charge in [0.2, 0.25) is 0 Å². The zero-order chi connectivity index (χ0) is 39.5. The smallest absolute Gasteiger partial charge is 0.198 e. The monoisotopic (exact) mass is 782 g/mol. The SMILES string of the molecule is Cn1c2c(c3ccccc31)C([Si](C)(CCCCCCOC(C)(C)C)C1c3ccccc3-c3c1c1cccc4c1n3Cc1c(F)c(F)c(F)c(F)c1-4)c1ccccc1-2. The van der Waals surface area contributed by atoms with Crippen LogP contribution < -0.4 is 0 Å². The van der Waals surface area contributed by atoms with E-state index in [1.807, 2.05) is 6.07 Å². The van der Waals surface area contributed by atoms with E-state index in [1.165, 1.54) is 44.4 Å². The Kier molecular flexibility index (Phi) is 8.34. The first-order chi connectivity index (χ1) is 27.4. The molecule has 0 saturated carbocycles. The molecule has 0 fully saturated rings. The quantitative estimate of drug-likeness (QED) is 0.0469. The van der Waals surface area contributed by atoms with Gasteiger partial charge >= 0.3 is 0 Å². The number of hydrogen-bond acceptors (Lipinski definition) is 1. The highest BCUT2D eigenvalue weighted by molar-refractivity contribution is 6.83. The van der Waals surface area contributed by atoms with E-state index in [0.717, 1.165) is 60.5 Å². The molecule has 7 aromatic rings. The van der Waals surface area contributed by atoms with Gasteiger partial charge in [0.05, 0.1) is 37.1 Å². The van der Waals surface area contributed by atoms with Gasteiger partial charge in [-0.25, -0.2) is 17.6 Å². The third-order valence-corrected chi connectivity index (χ3v) is 18.6. The highest BCUT2D eigenvalue weighted by Crippen LogP contribution is 2.63. The zero-order valence-corrected chi connectivity index (χ0v) is 34.1. The Labute approximate surface area is 331 Å². The van der Waals surface area contributed by atoms with Gasteiger partial charge in [0.1, 0.15) is 0 Å². The van der Waals surface area contributed by atoms with Crippen LogP contribution in [0.4, 0.5) is 17.6 Å². The predicted molar refractivity (Wildman–Crippen MR) is 224 cm³/mol. The minimum absolute atomic E-state index is 0.0271. The van der Waals surface area contributed by atoms with Crippen LogP contribution in [0.1, 0.15) is 85.4 Å². The first-order valence-corrected chi connectivity index (χ1v) is 23.2. The average molecular weight is 783 g/mol. The van der Waals surface area contributed by atoms with Crippen LogP contribution in [0.25, 0.3) is 55.4 Å². The highest BCUT2D eigenvalue weighted by atomic mass is 28.3. The Morgan fingerprint density at radius 1 is 0.649 bits per heavy atom. The van der Waals surface area contributed by atoms with Crippen LogP contribution >= 0.6 is 0 Å². The molecule has 0 N–H and O–H groups in total. The normalized spacial score (nSPS) is 17.4. The molecular weight excluding hydrogens is 737 g/mol. The van der Waals surface area contributed by atoms with Gasteiger partial charge in [-0.05, 0) is 55.5 Å². The molecule has 0 saturated heterocycles. The number of aryl methyl sites for hydroxylation is 1. The summed E-state index contributed by atoms with van der Waals surface area (Å²) in [4.78, 5) is 0. The third kappa shape index (κ3) is 5.18. The molecule has 3 unspecified atom stereocenters. The highest BCUT2D eigenvalue weighted by Gasteiger charge is 2.54. The van der Waals surface area contributed by atoms with Gasteiger partial charge in [-0.2, -0.15) is 0 Å². The number of benzene rings is 5. The molecule has 1 aliphatic heterocycles. The number of fused-ring (bicyclic) bond motifs is 12. The number of hydrogen-bond donors (Lipinski definition) is 0. The molecule has 57 heavy (non-hydrogen) atoms. The van der Waals surface area contributed by atoms with Crippen molar-refractivity contribution in [3.8, 4) is 33.6 Å². The molecule has 8 heteroatoms. The van der Waals surface area contributed by atoms with E-state index in [-0.39, 0.29) is 34.4 Å². The summed E-state index contributed by atoms with van der Waals surface area (Å²) in [6.45, 7) is 9.56. The Morgan fingerprint density at radius 3 is 1.95 bits per heavy atom. The summed E-state index contributed by atoms with van der Waals surface area (Å²) < 4.78 is 71.9. The van der Waals surface area contributed by atoms with Crippen molar-refractivity contribution in [3.63, 3.8) is 0 Å². The van der Waals surface area contributed by atoms with Crippen molar-refractivity contribution in [3.05, 3.63) is 142 Å². The van der Waals surface area contributed by atoms with E-state index in [4.69, 9.17) is 4.74 Å². The minimum atomic E-state index is -2.65. The lowest BCUT2D eigenvalue weighted by molar-refractivity contribution is -0.00471. The van der Waals surface area contributed by atoms with Crippen LogP contribution in [0.5, 0.6) is 0 Å². The zero-order valence-electron chi connectivity index (χ0n) is 33.1. The molecule has 290 valence electrons. The molecule has 5 aromatic carbocycles. The van der Waals surface area contributed by atoms with Crippen LogP contribution in [0.2, 0.25) is 12.6 Å². The lowest BCUT2D eigenvalue weighted by Crippen LogP contribution is -2.45. The van der Waals surface area contributed by atoms with E-state index < -0.39 is 31.3 Å². The number of ether oxygens (including phenoxy) is 1. The van der Waals surface area contributed by atoms with E-state index in [2.05, 4.69) is 122 Å². The fraction of sp³-hybridized carbons (Fsp3) is 0.306. The van der Waals surface area contributed by atoms with E-state index in [0.29, 0.717) is 5.56 Å². The Hall–Kier alpha value is -4.92. The molecule has 0 amide bonds. The van der Waals surface area contributed by atoms with Crippen molar-refractivity contribution in [2.75, 3.05) is 6.61 Å². The van der Waals surface area contributed by atoms with Gasteiger partial charge in [0.15, 0.2) is 23.3 Å². The standard InChI is InChI=1S/C49H46F4N2OSi/c1-49(2,3)56-25-14-6-7-15-26-57(5,47-30-19-10-8-17-28(30)45-38(47)32-21-12-13-24-36(32)54(45)4)48-31-20-11-9-18-29(31)46-39(48)34-23-16-22-33-37-35(27-55(46)44(33)34)40(50)42(52)43(53)41(37)51/h8-13,16-24,47-48H,6-7,14-15,25-27H2,1-5H3. The number of nitrogens with zero attached hydrogens (tertiary/aromatic N) is 2. The molecule has 3 atom stereocenters. The largest absolute Gasteiger partial charge is 0.376 e. The van der Waals surface area contributed by atoms with Crippen molar-refractivity contribution < 1.29 is 22.3 Å². The Morgan fingerprint density at radius 2 is 1.23 bits per heavy atom. The van der Waals surface area contributed by atoms with E-state index in [9.17, 15) is 8.78 Å². The average Bonchev–Trinajstić information content (AvgIpc) is 3.92. The first-order valence-electron chi connectivity index (χ1n) is 20.3. The molecule has 2 aromatic heterocycles. The van der Waals surface area contributed by atoms with Gasteiger partial charge in [-0.3, -0.25) is 0 Å². The second-order valence-electron chi connectivity index (χ2n) is 17.7. The molecule has 3 nitrogen and oxygen atoms in total. The first kappa shape index (κ1) is 36.4. The number of unbranched alkanes of at least 4 members (excludes halogenated alkanes) is 3. The summed E-state index contributed by atoms with van der Waals surface area (Å²) in [5.74, 6) is -6.19. The number of rotatable bonds is 9. The number of halogens is 4. The van der Waals surface area contributed by atoms with Crippen molar-refractivity contribution in [2.24, 2.45) is 7.05 Å². The lowest BCUT2D eigenvalue weighted by atomic mass is 9.92. The maximum atomic E-state index is 15.8. The summed E-state index contributed by atoms with van der Waals surface area (Å²) in [6, 6.07) is 33.1. The summed E-state index contributed by atoms with van der Waals surface area (Å²) >= 11 is 0. The maximum absolute atomic E-state index is 15.8. The third-order valence-electron chi connectivity index (χ3n) is 13.3. The van der Waals surface area contributed by atoms with Crippen molar-refractivity contribution in [2.45, 2.75) is 82.3 Å². The second-order valence-corrected chi connectivity index (χ2v) is 22.3. The number of para-hydroxylation sites is 2. The van der Waals surface area contributed by atoms with Gasteiger partial charge in [0, 0.05) is 68.8 Å². The molecule has 2 aliphatic carbocycles. The fourth-order valence-electron chi connectivity index (χ4n) is 11.1. The molecule has 10 rings (SSSR count). The minimum Gasteiger partial charge on any atom is -0.376 e. The van der Waals surface area contributed by atoms with Crippen LogP contribution in [0, 0.1) is 23.3 Å². The molecule has 0 spiro atoms. The van der Waals surface area contributed by atoms with Gasteiger partial charge < -0.3 is 13.9 Å². The summed E-state index contributed by atoms with van der Waals surface area (Å²) in [5.41, 5.74) is 11.9. The maximum Gasteiger partial charge on any atom is 0.198 e. The van der Waals surface area contributed by atoms with Gasteiger partial charge in [-0.1, -0.05) is 117 Å². The summed E-state index contributed by atoms with van der Waals surface area (Å²) in [5, 5.41) is 2.26. The molecule has 0 bridgehead atoms. The molecule has 0 radical (unpaired) electrons. The van der Waals surface area contributed by atoms with Crippen molar-refractivity contribution in [1.82, 2.24) is 9.13 Å². The van der Waals surface area contributed by atoms with Crippen LogP contribution in [0.15, 0.2) is 91.0 Å². The van der Waals surface area contributed by atoms with Crippen molar-refractivity contribution in [1.29, 1.82) is 0 Å². The van der Waals surface area contributed by atoms with Crippen LogP contribution in [0.3, 0.4) is 0 Å². The topological polar surface area (TPSA) is 19.1 Å². The molecular formula is C49H46F4N2OSi. The Bertz CT molecular complexity index is 2790. The molecule has 3 heterocycles. The summed E-state index contributed by atoms with van der Waals surface area (Å²) in [6.07, 6.45) is 4.25. The van der Waals surface area contributed by atoms with Gasteiger partial charge in [0.25, 0.3) is 0 Å². The van der Waals surface area contributed by atoms with E-state index in [1.54, 1.807) is 6.07 Å². The molecule has 3 aliphatic rings. The van der Waals surface area contributed by atoms with Crippen LogP contribution in [-0.2, 0) is 18.3 Å². The van der Waals surface area contributed by atoms with Crippen LogP contribution in [-0.4, -0.2) is 29.4 Å². The van der Waals surface area contributed by atoms with Gasteiger partial charge in [-0.15, -0.1) is 0 Å². The second kappa shape index (κ2) is 13.0. The summed E-state index contributed by atoms with van der Waals surface area (Å²) in [7, 11) is -0.461. The lowest BCUT2D eigenvalue weighted by Gasteiger charge is -2.41.